The zero-order chi connectivity index (χ0) is 17.0. The molecule has 2 N–H and O–H groups in total. The molecule has 0 aliphatic carbocycles. The van der Waals surface area contributed by atoms with E-state index in [9.17, 15) is 9.59 Å². The van der Waals surface area contributed by atoms with Crippen LogP contribution in [0.15, 0.2) is 0 Å². The second-order valence-electron chi connectivity index (χ2n) is 7.82. The summed E-state index contributed by atoms with van der Waals surface area (Å²) < 4.78 is 5.51. The number of hydrogen-bond acceptors (Lipinski definition) is 4. The topological polar surface area (TPSA) is 70.7 Å². The number of nitrogens with one attached hydrogen (secondary N) is 2. The summed E-state index contributed by atoms with van der Waals surface area (Å²) in [7, 11) is 0. The third kappa shape index (κ3) is 5.68. The highest BCUT2D eigenvalue weighted by Crippen LogP contribution is 2.24. The SMILES string of the molecule is CC(CC1CCCN1C(=O)OC(C)(C)C)NCC1CCC(=O)N1. The summed E-state index contributed by atoms with van der Waals surface area (Å²) in [5.74, 6) is 0.149. The molecule has 0 bridgehead atoms. The Morgan fingerprint density at radius 3 is 2.78 bits per heavy atom. The van der Waals surface area contributed by atoms with Crippen LogP contribution in [0, 0.1) is 0 Å². The molecule has 2 amide bonds. The number of carbonyl (C=O) groups excluding carboxylic acids is 2. The molecule has 0 aromatic rings. The Labute approximate surface area is 139 Å². The first kappa shape index (κ1) is 18.0. The van der Waals surface area contributed by atoms with Crippen LogP contribution in [0.25, 0.3) is 0 Å². The van der Waals surface area contributed by atoms with Crippen LogP contribution in [-0.4, -0.2) is 53.7 Å². The van der Waals surface area contributed by atoms with Crippen molar-refractivity contribution in [2.45, 2.75) is 83.5 Å². The number of ether oxygens (including phenoxy) is 1. The van der Waals surface area contributed by atoms with Crippen LogP contribution >= 0.6 is 0 Å². The molecular weight excluding hydrogens is 294 g/mol. The van der Waals surface area contributed by atoms with E-state index in [1.807, 2.05) is 25.7 Å². The monoisotopic (exact) mass is 325 g/mol. The van der Waals surface area contributed by atoms with E-state index in [1.165, 1.54) is 0 Å². The lowest BCUT2D eigenvalue weighted by atomic mass is 10.1. The van der Waals surface area contributed by atoms with Gasteiger partial charge in [0.1, 0.15) is 5.60 Å². The molecule has 0 aromatic heterocycles. The van der Waals surface area contributed by atoms with Crippen LogP contribution in [0.3, 0.4) is 0 Å². The van der Waals surface area contributed by atoms with Gasteiger partial charge in [-0.1, -0.05) is 0 Å². The summed E-state index contributed by atoms with van der Waals surface area (Å²) in [5, 5.41) is 6.46. The van der Waals surface area contributed by atoms with Gasteiger partial charge < -0.3 is 20.3 Å². The fourth-order valence-corrected chi connectivity index (χ4v) is 3.31. The van der Waals surface area contributed by atoms with Gasteiger partial charge in [0.05, 0.1) is 0 Å². The maximum absolute atomic E-state index is 12.3. The number of amides is 2. The van der Waals surface area contributed by atoms with Gasteiger partial charge in [-0.25, -0.2) is 4.79 Å². The second-order valence-corrected chi connectivity index (χ2v) is 7.82. The van der Waals surface area contributed by atoms with E-state index < -0.39 is 5.60 Å². The quantitative estimate of drug-likeness (QED) is 0.811. The van der Waals surface area contributed by atoms with Crippen molar-refractivity contribution < 1.29 is 14.3 Å². The third-order valence-electron chi connectivity index (χ3n) is 4.43. The van der Waals surface area contributed by atoms with Crippen molar-refractivity contribution in [1.82, 2.24) is 15.5 Å². The molecule has 132 valence electrons. The maximum atomic E-state index is 12.3. The summed E-state index contributed by atoms with van der Waals surface area (Å²) in [4.78, 5) is 25.4. The predicted molar refractivity (Wildman–Crippen MR) is 89.2 cm³/mol. The molecule has 0 radical (unpaired) electrons. The smallest absolute Gasteiger partial charge is 0.410 e. The van der Waals surface area contributed by atoms with Crippen LogP contribution in [0.2, 0.25) is 0 Å². The average molecular weight is 325 g/mol. The molecule has 0 aromatic carbocycles. The maximum Gasteiger partial charge on any atom is 0.410 e. The summed E-state index contributed by atoms with van der Waals surface area (Å²) in [6.07, 6.45) is 4.33. The normalized spacial score (nSPS) is 26.3. The lowest BCUT2D eigenvalue weighted by Gasteiger charge is -2.30. The molecule has 3 atom stereocenters. The minimum atomic E-state index is -0.450. The Morgan fingerprint density at radius 2 is 2.17 bits per heavy atom. The van der Waals surface area contributed by atoms with Gasteiger partial charge in [0.25, 0.3) is 0 Å². The molecule has 6 heteroatoms. The molecule has 0 spiro atoms. The molecule has 2 aliphatic rings. The van der Waals surface area contributed by atoms with Gasteiger partial charge in [0.2, 0.25) is 5.91 Å². The summed E-state index contributed by atoms with van der Waals surface area (Å²) in [5.41, 5.74) is -0.450. The van der Waals surface area contributed by atoms with Gasteiger partial charge in [-0.3, -0.25) is 4.79 Å². The fourth-order valence-electron chi connectivity index (χ4n) is 3.31. The second kappa shape index (κ2) is 7.51. The van der Waals surface area contributed by atoms with Gasteiger partial charge in [-0.2, -0.15) is 0 Å². The number of carbonyl (C=O) groups is 2. The van der Waals surface area contributed by atoms with Crippen molar-refractivity contribution in [1.29, 1.82) is 0 Å². The summed E-state index contributed by atoms with van der Waals surface area (Å²) in [6.45, 7) is 9.42. The Hall–Kier alpha value is -1.30. The van der Waals surface area contributed by atoms with Crippen LogP contribution in [0.5, 0.6) is 0 Å². The fraction of sp³-hybridized carbons (Fsp3) is 0.882. The molecule has 6 nitrogen and oxygen atoms in total. The largest absolute Gasteiger partial charge is 0.444 e. The van der Waals surface area contributed by atoms with Gasteiger partial charge in [-0.15, -0.1) is 0 Å². The lowest BCUT2D eigenvalue weighted by Crippen LogP contribution is -2.44. The standard InChI is InChI=1S/C17H31N3O3/c1-12(18-11-13-7-8-15(21)19-13)10-14-6-5-9-20(14)16(22)23-17(2,3)4/h12-14,18H,5-11H2,1-4H3,(H,19,21). The minimum absolute atomic E-state index is 0.149. The number of rotatable bonds is 5. The Bertz CT molecular complexity index is 433. The summed E-state index contributed by atoms with van der Waals surface area (Å²) in [6, 6.07) is 0.793. The van der Waals surface area contributed by atoms with Gasteiger partial charge in [-0.05, 0) is 53.4 Å². The number of nitrogens with zero attached hydrogens (tertiary/aromatic N) is 1. The molecule has 2 heterocycles. The highest BCUT2D eigenvalue weighted by Gasteiger charge is 2.33. The molecule has 3 unspecified atom stereocenters. The van der Waals surface area contributed by atoms with Crippen LogP contribution < -0.4 is 10.6 Å². The number of likely N-dealkylation sites (tertiary alicyclic amines) is 1. The predicted octanol–water partition coefficient (Wildman–Crippen LogP) is 2.03. The van der Waals surface area contributed by atoms with Crippen molar-refractivity contribution in [3.05, 3.63) is 0 Å². The number of hydrogen-bond donors (Lipinski definition) is 2. The summed E-state index contributed by atoms with van der Waals surface area (Å²) >= 11 is 0. The van der Waals surface area contributed by atoms with Gasteiger partial charge in [0, 0.05) is 37.6 Å². The van der Waals surface area contributed by atoms with Crippen molar-refractivity contribution in [2.24, 2.45) is 0 Å². The molecule has 23 heavy (non-hydrogen) atoms. The zero-order valence-electron chi connectivity index (χ0n) is 14.9. The van der Waals surface area contributed by atoms with E-state index in [2.05, 4.69) is 17.6 Å². The van der Waals surface area contributed by atoms with E-state index in [4.69, 9.17) is 4.74 Å². The van der Waals surface area contributed by atoms with Crippen molar-refractivity contribution in [3.63, 3.8) is 0 Å². The molecule has 2 aliphatic heterocycles. The third-order valence-corrected chi connectivity index (χ3v) is 4.43. The average Bonchev–Trinajstić information content (AvgIpc) is 3.03. The Balaban J connectivity index is 1.76. The van der Waals surface area contributed by atoms with E-state index in [-0.39, 0.29) is 24.1 Å². The lowest BCUT2D eigenvalue weighted by molar-refractivity contribution is -0.119. The van der Waals surface area contributed by atoms with Crippen molar-refractivity contribution in [2.75, 3.05) is 13.1 Å². The minimum Gasteiger partial charge on any atom is -0.444 e. The Kier molecular flexibility index (Phi) is 5.89. The van der Waals surface area contributed by atoms with Crippen LogP contribution in [0.4, 0.5) is 4.79 Å². The molecule has 2 fully saturated rings. The molecule has 2 saturated heterocycles. The highest BCUT2D eigenvalue weighted by atomic mass is 16.6. The molecule has 0 saturated carbocycles. The molecule has 2 rings (SSSR count). The highest BCUT2D eigenvalue weighted by molar-refractivity contribution is 5.78. The van der Waals surface area contributed by atoms with E-state index in [1.54, 1.807) is 0 Å². The van der Waals surface area contributed by atoms with E-state index in [0.29, 0.717) is 12.5 Å². The van der Waals surface area contributed by atoms with Gasteiger partial charge in [0.15, 0.2) is 0 Å². The van der Waals surface area contributed by atoms with Crippen molar-refractivity contribution in [3.8, 4) is 0 Å². The zero-order valence-corrected chi connectivity index (χ0v) is 14.9. The Morgan fingerprint density at radius 1 is 1.43 bits per heavy atom. The first-order valence-corrected chi connectivity index (χ1v) is 8.77. The van der Waals surface area contributed by atoms with E-state index >= 15 is 0 Å². The first-order chi connectivity index (χ1) is 10.7. The van der Waals surface area contributed by atoms with Crippen LogP contribution in [-0.2, 0) is 9.53 Å². The van der Waals surface area contributed by atoms with Crippen LogP contribution in [0.1, 0.15) is 59.8 Å². The van der Waals surface area contributed by atoms with Crippen molar-refractivity contribution >= 4 is 12.0 Å². The van der Waals surface area contributed by atoms with E-state index in [0.717, 1.165) is 38.8 Å². The van der Waals surface area contributed by atoms with Gasteiger partial charge >= 0.3 is 6.09 Å². The first-order valence-electron chi connectivity index (χ1n) is 8.77. The molecular formula is C17H31N3O3.